The van der Waals surface area contributed by atoms with E-state index in [1.54, 1.807) is 36.6 Å². The van der Waals surface area contributed by atoms with Crippen LogP contribution < -0.4 is 0 Å². The van der Waals surface area contributed by atoms with Crippen LogP contribution in [0, 0.1) is 6.43 Å². The van der Waals surface area contributed by atoms with Crippen LogP contribution in [0.2, 0.25) is 0 Å². The van der Waals surface area contributed by atoms with Gasteiger partial charge in [-0.25, -0.2) is 0 Å². The summed E-state index contributed by atoms with van der Waals surface area (Å²) in [6, 6.07) is 9.56. The minimum atomic E-state index is -1.70. The van der Waals surface area contributed by atoms with Crippen LogP contribution in [0.25, 0.3) is 10.8 Å². The van der Waals surface area contributed by atoms with Crippen LogP contribution in [0.1, 0.15) is 5.56 Å². The van der Waals surface area contributed by atoms with Gasteiger partial charge in [-0.3, -0.25) is 0 Å². The molecule has 0 aliphatic rings. The van der Waals surface area contributed by atoms with E-state index in [1.165, 1.54) is 6.07 Å². The molecule has 1 unspecified atom stereocenters. The highest BCUT2D eigenvalue weighted by atomic mass is 32.2. The summed E-state index contributed by atoms with van der Waals surface area (Å²) < 4.78 is 36.5. The molecule has 83 valence electrons. The van der Waals surface area contributed by atoms with Crippen molar-refractivity contribution in [2.24, 2.45) is 0 Å². The third-order valence-electron chi connectivity index (χ3n) is 2.39. The molecular formula is C12H9F2OS. The number of rotatable bonds is 2. The molecule has 0 N–H and O–H groups in total. The monoisotopic (exact) mass is 239 g/mol. The topological polar surface area (TPSA) is 23.1 Å². The number of hydrogen-bond donors (Lipinski definition) is 0. The lowest BCUT2D eigenvalue weighted by molar-refractivity contribution is 0.326. The molecule has 1 nitrogen and oxygen atoms in total. The highest BCUT2D eigenvalue weighted by Crippen LogP contribution is 2.28. The van der Waals surface area contributed by atoms with Crippen molar-refractivity contribution in [1.29, 1.82) is 0 Å². The summed E-state index contributed by atoms with van der Waals surface area (Å²) in [4.78, 5) is 0.643. The van der Waals surface area contributed by atoms with Crippen LogP contribution in [0.4, 0.5) is 8.78 Å². The molecule has 0 aromatic heterocycles. The van der Waals surface area contributed by atoms with E-state index in [-0.39, 0.29) is 5.56 Å². The summed E-state index contributed by atoms with van der Waals surface area (Å²) >= 11 is -1.10. The summed E-state index contributed by atoms with van der Waals surface area (Å²) in [6.45, 7) is 0. The zero-order valence-electron chi connectivity index (χ0n) is 8.54. The Bertz CT molecular complexity index is 511. The summed E-state index contributed by atoms with van der Waals surface area (Å²) in [5.41, 5.74) is -0.0639. The molecule has 2 rings (SSSR count). The van der Waals surface area contributed by atoms with Gasteiger partial charge in [0.1, 0.15) is 6.26 Å². The van der Waals surface area contributed by atoms with Crippen molar-refractivity contribution in [3.63, 3.8) is 0 Å². The first-order valence-corrected chi connectivity index (χ1v) is 6.20. The molecule has 1 radical (unpaired) electrons. The molecule has 0 spiro atoms. The van der Waals surface area contributed by atoms with Gasteiger partial charge in [-0.15, -0.1) is 0 Å². The molecular weight excluding hydrogens is 230 g/mol. The maximum Gasteiger partial charge on any atom is 0.340 e. The second-order valence-corrected chi connectivity index (χ2v) is 4.78. The Morgan fingerprint density at radius 3 is 2.56 bits per heavy atom. The van der Waals surface area contributed by atoms with Crippen LogP contribution in [0.5, 0.6) is 0 Å². The molecule has 16 heavy (non-hydrogen) atoms. The first-order chi connectivity index (χ1) is 7.59. The molecule has 0 saturated carbocycles. The van der Waals surface area contributed by atoms with Crippen molar-refractivity contribution in [2.45, 2.75) is 4.90 Å². The standard InChI is InChI=1S/C12H9F2OS/c1-16(15)9-5-6-10-8(7-9)3-2-4-11(10)12(13)14/h2-7H,1H3. The van der Waals surface area contributed by atoms with Crippen LogP contribution >= 0.6 is 0 Å². The van der Waals surface area contributed by atoms with Crippen LogP contribution in [-0.2, 0) is 11.2 Å². The second kappa shape index (κ2) is 4.39. The van der Waals surface area contributed by atoms with Gasteiger partial charge in [0.05, 0.1) is 0 Å². The van der Waals surface area contributed by atoms with Gasteiger partial charge in [0.2, 0.25) is 0 Å². The molecule has 0 heterocycles. The first-order valence-electron chi connectivity index (χ1n) is 4.64. The van der Waals surface area contributed by atoms with Crippen LogP contribution in [-0.4, -0.2) is 10.8 Å². The molecule has 4 heteroatoms. The zero-order chi connectivity index (χ0) is 11.7. The molecule has 0 aliphatic carbocycles. The van der Waals surface area contributed by atoms with Crippen molar-refractivity contribution in [1.82, 2.24) is 0 Å². The molecule has 0 fully saturated rings. The SMILES string of the molecule is C[S+]([O-])c1ccc2c([C](F)F)cccc2c1. The highest BCUT2D eigenvalue weighted by molar-refractivity contribution is 7.90. The maximum absolute atomic E-state index is 12.6. The smallest absolute Gasteiger partial charge is 0.340 e. The minimum absolute atomic E-state index is 0.0639. The molecule has 0 aliphatic heterocycles. The van der Waals surface area contributed by atoms with Crippen LogP contribution in [0.3, 0.4) is 0 Å². The van der Waals surface area contributed by atoms with E-state index in [2.05, 4.69) is 0 Å². The van der Waals surface area contributed by atoms with Crippen molar-refractivity contribution in [2.75, 3.05) is 6.26 Å². The average Bonchev–Trinajstić information content (AvgIpc) is 2.27. The fraction of sp³-hybridized carbons (Fsp3) is 0.0833. The predicted octanol–water partition coefficient (Wildman–Crippen LogP) is 3.35. The summed E-state index contributed by atoms with van der Waals surface area (Å²) in [5, 5.41) is 1.16. The van der Waals surface area contributed by atoms with E-state index in [0.29, 0.717) is 15.7 Å². The van der Waals surface area contributed by atoms with Crippen molar-refractivity contribution >= 4 is 21.9 Å². The van der Waals surface area contributed by atoms with Gasteiger partial charge in [0.25, 0.3) is 0 Å². The molecule has 2 aromatic rings. The lowest BCUT2D eigenvalue weighted by Gasteiger charge is -2.07. The summed E-state index contributed by atoms with van der Waals surface area (Å²) in [6.07, 6.45) is -0.136. The molecule has 1 atom stereocenters. The van der Waals surface area contributed by atoms with Crippen molar-refractivity contribution < 1.29 is 13.3 Å². The zero-order valence-corrected chi connectivity index (χ0v) is 9.35. The quantitative estimate of drug-likeness (QED) is 0.737. The highest BCUT2D eigenvalue weighted by Gasteiger charge is 2.14. The third kappa shape index (κ3) is 2.03. The van der Waals surface area contributed by atoms with Gasteiger partial charge in [-0.1, -0.05) is 18.2 Å². The van der Waals surface area contributed by atoms with Gasteiger partial charge in [0, 0.05) is 11.6 Å². The number of benzene rings is 2. The lowest BCUT2D eigenvalue weighted by atomic mass is 10.1. The third-order valence-corrected chi connectivity index (χ3v) is 3.31. The number of fused-ring (bicyclic) bond motifs is 1. The Morgan fingerprint density at radius 1 is 1.19 bits per heavy atom. The number of hydrogen-bond acceptors (Lipinski definition) is 1. The van der Waals surface area contributed by atoms with Crippen molar-refractivity contribution in [3.05, 3.63) is 48.4 Å². The Kier molecular flexibility index (Phi) is 3.12. The number of halogens is 2. The molecule has 0 amide bonds. The Labute approximate surface area is 95.3 Å². The Balaban J connectivity index is 2.64. The van der Waals surface area contributed by atoms with E-state index in [4.69, 9.17) is 0 Å². The van der Waals surface area contributed by atoms with Gasteiger partial charge in [0.15, 0.2) is 4.90 Å². The minimum Gasteiger partial charge on any atom is -0.612 e. The first kappa shape index (κ1) is 11.4. The van der Waals surface area contributed by atoms with E-state index >= 15 is 0 Å². The van der Waals surface area contributed by atoms with Gasteiger partial charge >= 0.3 is 6.43 Å². The van der Waals surface area contributed by atoms with Gasteiger partial charge in [-0.2, -0.15) is 8.78 Å². The second-order valence-electron chi connectivity index (χ2n) is 3.40. The fourth-order valence-electron chi connectivity index (χ4n) is 1.61. The maximum atomic E-state index is 12.6. The fourth-order valence-corrected chi connectivity index (χ4v) is 2.16. The van der Waals surface area contributed by atoms with E-state index in [1.807, 2.05) is 0 Å². The summed E-state index contributed by atoms with van der Waals surface area (Å²) in [5.74, 6) is 0. The van der Waals surface area contributed by atoms with E-state index < -0.39 is 17.6 Å². The van der Waals surface area contributed by atoms with Gasteiger partial charge in [-0.05, 0) is 34.1 Å². The molecule has 2 aromatic carbocycles. The molecule has 0 bridgehead atoms. The Hall–Kier alpha value is -1.13. The summed E-state index contributed by atoms with van der Waals surface area (Å²) in [7, 11) is 0. The largest absolute Gasteiger partial charge is 0.612 e. The van der Waals surface area contributed by atoms with Crippen molar-refractivity contribution in [3.8, 4) is 0 Å². The average molecular weight is 239 g/mol. The van der Waals surface area contributed by atoms with Crippen LogP contribution in [0.15, 0.2) is 41.3 Å². The molecule has 0 saturated heterocycles. The van der Waals surface area contributed by atoms with E-state index in [0.717, 1.165) is 0 Å². The lowest BCUT2D eigenvalue weighted by Crippen LogP contribution is -1.97. The predicted molar refractivity (Wildman–Crippen MR) is 60.8 cm³/mol. The Morgan fingerprint density at radius 2 is 1.94 bits per heavy atom. The normalized spacial score (nSPS) is 13.3. The van der Waals surface area contributed by atoms with E-state index in [9.17, 15) is 13.3 Å². The van der Waals surface area contributed by atoms with Gasteiger partial charge < -0.3 is 4.55 Å².